The lowest BCUT2D eigenvalue weighted by molar-refractivity contribution is 0.165. The minimum absolute atomic E-state index is 0.326. The molecule has 1 unspecified atom stereocenters. The Balaban J connectivity index is 1.76. The molecule has 0 amide bonds. The third-order valence-electron chi connectivity index (χ3n) is 6.28. The Hall–Kier alpha value is -0.490. The average Bonchev–Trinajstić information content (AvgIpc) is 2.61. The molecule has 2 rings (SSSR count). The molecule has 0 radical (unpaired) electrons. The molecule has 1 atom stereocenters. The van der Waals surface area contributed by atoms with Crippen LogP contribution in [-0.2, 0) is 0 Å². The predicted octanol–water partition coefficient (Wildman–Crippen LogP) is 7.33. The first-order chi connectivity index (χ1) is 12.0. The fourth-order valence-electron chi connectivity index (χ4n) is 4.55. The molecular weight excluding hydrogens is 333 g/mol. The summed E-state index contributed by atoms with van der Waals surface area (Å²) in [6.45, 7) is 4.73. The summed E-state index contributed by atoms with van der Waals surface area (Å²) in [7, 11) is 3.00. The lowest BCUT2D eigenvalue weighted by Gasteiger charge is -2.37. The third kappa shape index (κ3) is 6.97. The summed E-state index contributed by atoms with van der Waals surface area (Å²) in [6.07, 6.45) is 15.7. The molecule has 0 aliphatic heterocycles. The van der Waals surface area contributed by atoms with Gasteiger partial charge in [-0.25, -0.2) is 8.78 Å². The number of halogens is 2. The molecule has 0 bridgehead atoms. The molecule has 0 spiro atoms. The van der Waals surface area contributed by atoms with Crippen molar-refractivity contribution in [3.8, 4) is 0 Å². The van der Waals surface area contributed by atoms with E-state index in [2.05, 4.69) is 15.8 Å². The Morgan fingerprint density at radius 2 is 1.60 bits per heavy atom. The van der Waals surface area contributed by atoms with Gasteiger partial charge in [-0.15, -0.1) is 9.24 Å². The van der Waals surface area contributed by atoms with Crippen LogP contribution >= 0.6 is 9.24 Å². The predicted molar refractivity (Wildman–Crippen MR) is 108 cm³/mol. The lowest BCUT2D eigenvalue weighted by atomic mass is 9.70. The van der Waals surface area contributed by atoms with Gasteiger partial charge >= 0.3 is 0 Å². The number of rotatable bonds is 7. The molecule has 25 heavy (non-hydrogen) atoms. The van der Waals surface area contributed by atoms with Gasteiger partial charge in [0.15, 0.2) is 0 Å². The summed E-state index contributed by atoms with van der Waals surface area (Å²) in [4.78, 5) is 0. The zero-order valence-corrected chi connectivity index (χ0v) is 16.9. The zero-order chi connectivity index (χ0) is 18.2. The van der Waals surface area contributed by atoms with Crippen LogP contribution in [0.5, 0.6) is 0 Å². The highest BCUT2D eigenvalue weighted by atomic mass is 31.0. The van der Waals surface area contributed by atoms with Crippen LogP contribution in [0, 0.1) is 17.8 Å². The summed E-state index contributed by atoms with van der Waals surface area (Å²) >= 11 is 0. The molecule has 0 nitrogen and oxygen atoms in total. The van der Waals surface area contributed by atoms with Gasteiger partial charge in [-0.1, -0.05) is 25.5 Å². The largest absolute Gasteiger partial charge is 0.247 e. The molecule has 0 N–H and O–H groups in total. The van der Waals surface area contributed by atoms with Gasteiger partial charge in [-0.2, -0.15) is 0 Å². The molecule has 2 saturated carbocycles. The van der Waals surface area contributed by atoms with E-state index in [0.717, 1.165) is 41.8 Å². The first-order valence-corrected chi connectivity index (χ1v) is 10.7. The summed E-state index contributed by atoms with van der Waals surface area (Å²) in [6, 6.07) is 0. The Bertz CT molecular complexity index is 478. The van der Waals surface area contributed by atoms with E-state index in [1.165, 1.54) is 63.5 Å². The van der Waals surface area contributed by atoms with Crippen molar-refractivity contribution in [2.75, 3.05) is 6.67 Å². The summed E-state index contributed by atoms with van der Waals surface area (Å²) in [5.41, 5.74) is 2.04. The van der Waals surface area contributed by atoms with Gasteiger partial charge in [0.2, 0.25) is 0 Å². The SMILES string of the molecule is C=C(C)/C(F)=C\C(=C/CF)CCC1CCC(C2CCC(P)CC2)CC1. The van der Waals surface area contributed by atoms with E-state index in [-0.39, 0.29) is 5.83 Å². The summed E-state index contributed by atoms with van der Waals surface area (Å²) in [5.74, 6) is 2.27. The van der Waals surface area contributed by atoms with Crippen LogP contribution in [0.1, 0.15) is 71.1 Å². The van der Waals surface area contributed by atoms with Gasteiger partial charge in [0.05, 0.1) is 0 Å². The van der Waals surface area contributed by atoms with Crippen LogP contribution in [0.3, 0.4) is 0 Å². The van der Waals surface area contributed by atoms with Gasteiger partial charge in [0.1, 0.15) is 12.5 Å². The van der Waals surface area contributed by atoms with Gasteiger partial charge in [-0.3, -0.25) is 0 Å². The minimum atomic E-state index is -0.527. The van der Waals surface area contributed by atoms with Crippen LogP contribution in [0.25, 0.3) is 0 Å². The second kappa shape index (κ2) is 10.6. The quantitative estimate of drug-likeness (QED) is 0.326. The molecule has 0 aromatic heterocycles. The Kier molecular flexibility index (Phi) is 8.83. The second-order valence-electron chi connectivity index (χ2n) is 8.20. The Labute approximate surface area is 155 Å². The van der Waals surface area contributed by atoms with E-state index < -0.39 is 6.67 Å². The normalized spacial score (nSPS) is 31.8. The number of alkyl halides is 1. The molecule has 0 heterocycles. The number of hydrogen-bond donors (Lipinski definition) is 0. The maximum Gasteiger partial charge on any atom is 0.125 e. The van der Waals surface area contributed by atoms with Gasteiger partial charge in [-0.05, 0) is 98.9 Å². The lowest BCUT2D eigenvalue weighted by Crippen LogP contribution is -2.25. The van der Waals surface area contributed by atoms with E-state index in [9.17, 15) is 8.78 Å². The number of hydrogen-bond acceptors (Lipinski definition) is 0. The molecule has 0 saturated heterocycles. The van der Waals surface area contributed by atoms with E-state index >= 15 is 0 Å². The van der Waals surface area contributed by atoms with Crippen LogP contribution in [0.15, 0.2) is 35.7 Å². The monoisotopic (exact) mass is 368 g/mol. The Morgan fingerprint density at radius 3 is 2.12 bits per heavy atom. The van der Waals surface area contributed by atoms with Crippen molar-refractivity contribution in [1.29, 1.82) is 0 Å². The standard InChI is InChI=1S/C22H35F2P/c1-16(2)22(24)15-18(13-14-23)4-3-17-5-7-19(8-6-17)20-9-11-21(25)12-10-20/h13,15,17,19-21H,1,3-12,14,25H2,2H3/b18-13-,22-15+. The van der Waals surface area contributed by atoms with E-state index in [1.54, 1.807) is 6.92 Å². The van der Waals surface area contributed by atoms with Crippen molar-refractivity contribution in [1.82, 2.24) is 0 Å². The van der Waals surface area contributed by atoms with Gasteiger partial charge < -0.3 is 0 Å². The highest BCUT2D eigenvalue weighted by Gasteiger charge is 2.29. The fourth-order valence-corrected chi connectivity index (χ4v) is 4.94. The fraction of sp³-hybridized carbons (Fsp3) is 0.727. The first kappa shape index (κ1) is 20.8. The van der Waals surface area contributed by atoms with Gasteiger partial charge in [0.25, 0.3) is 0 Å². The van der Waals surface area contributed by atoms with Crippen molar-refractivity contribution < 1.29 is 8.78 Å². The smallest absolute Gasteiger partial charge is 0.125 e. The summed E-state index contributed by atoms with van der Waals surface area (Å²) < 4.78 is 26.4. The molecule has 3 heteroatoms. The van der Waals surface area contributed by atoms with Crippen LogP contribution in [0.2, 0.25) is 0 Å². The van der Waals surface area contributed by atoms with Crippen LogP contribution in [0.4, 0.5) is 8.78 Å². The molecule has 2 aliphatic carbocycles. The van der Waals surface area contributed by atoms with E-state index in [0.29, 0.717) is 5.57 Å². The van der Waals surface area contributed by atoms with Crippen molar-refractivity contribution in [2.24, 2.45) is 17.8 Å². The van der Waals surface area contributed by atoms with Crippen molar-refractivity contribution in [3.05, 3.63) is 35.7 Å². The molecular formula is C22H35F2P. The molecule has 0 aromatic carbocycles. The van der Waals surface area contributed by atoms with E-state index in [4.69, 9.17) is 0 Å². The first-order valence-electron chi connectivity index (χ1n) is 10.0. The van der Waals surface area contributed by atoms with Gasteiger partial charge in [0, 0.05) is 0 Å². The highest BCUT2D eigenvalue weighted by Crippen LogP contribution is 2.42. The second-order valence-corrected chi connectivity index (χ2v) is 9.14. The zero-order valence-electron chi connectivity index (χ0n) is 15.8. The van der Waals surface area contributed by atoms with Crippen LogP contribution < -0.4 is 0 Å². The van der Waals surface area contributed by atoms with Crippen molar-refractivity contribution in [2.45, 2.75) is 76.8 Å². The molecule has 0 aromatic rings. The maximum absolute atomic E-state index is 13.7. The molecule has 2 aliphatic rings. The highest BCUT2D eigenvalue weighted by molar-refractivity contribution is 7.17. The van der Waals surface area contributed by atoms with Crippen molar-refractivity contribution >= 4 is 9.24 Å². The maximum atomic E-state index is 13.7. The van der Waals surface area contributed by atoms with Crippen LogP contribution in [-0.4, -0.2) is 12.3 Å². The molecule has 2 fully saturated rings. The Morgan fingerprint density at radius 1 is 1.04 bits per heavy atom. The van der Waals surface area contributed by atoms with Crippen molar-refractivity contribution in [3.63, 3.8) is 0 Å². The summed E-state index contributed by atoms with van der Waals surface area (Å²) in [5, 5.41) is 0. The molecule has 142 valence electrons. The average molecular weight is 368 g/mol. The number of allylic oxidation sites excluding steroid dienone is 5. The minimum Gasteiger partial charge on any atom is -0.247 e. The third-order valence-corrected chi connectivity index (χ3v) is 6.94. The topological polar surface area (TPSA) is 0 Å². The van der Waals surface area contributed by atoms with E-state index in [1.807, 2.05) is 0 Å².